The summed E-state index contributed by atoms with van der Waals surface area (Å²) >= 11 is 0. The van der Waals surface area contributed by atoms with Crippen molar-refractivity contribution >= 4 is 23.6 Å². The Morgan fingerprint density at radius 2 is 1.63 bits per heavy atom. The monoisotopic (exact) mass is 410 g/mol. The molecule has 3 saturated carbocycles. The van der Waals surface area contributed by atoms with Gasteiger partial charge in [0.25, 0.3) is 0 Å². The maximum Gasteiger partial charge on any atom is 0.474 e. The van der Waals surface area contributed by atoms with Gasteiger partial charge in [-0.1, -0.05) is 67.0 Å². The first-order chi connectivity index (χ1) is 12.4. The van der Waals surface area contributed by atoms with Crippen molar-refractivity contribution in [2.24, 2.45) is 23.2 Å². The average molecular weight is 411 g/mol. The van der Waals surface area contributed by atoms with Crippen LogP contribution in [0, 0.1) is 23.2 Å². The Bertz CT molecular complexity index is 607. The standard InChI is InChI=1S/C21H44BNO2Si2/c1-15(2)12-19(23(26(6,7)8)27(9,10)11)22-24-18-14-16-13-17(20(16,3)4)21(18,5)25-22/h15-19H,12-14H2,1-11H3/t16-,17-,18+,19?,21-/m0/s1/i19D. The smallest absolute Gasteiger partial charge is 0.404 e. The summed E-state index contributed by atoms with van der Waals surface area (Å²) < 4.78 is 26.1. The summed E-state index contributed by atoms with van der Waals surface area (Å²) in [5, 5.41) is 0. The maximum absolute atomic E-state index is 9.88. The Morgan fingerprint density at radius 1 is 1.07 bits per heavy atom. The van der Waals surface area contributed by atoms with Crippen molar-refractivity contribution in [3.8, 4) is 0 Å². The van der Waals surface area contributed by atoms with Crippen molar-refractivity contribution < 1.29 is 10.7 Å². The van der Waals surface area contributed by atoms with Gasteiger partial charge in [0.2, 0.25) is 0 Å². The molecule has 1 saturated heterocycles. The van der Waals surface area contributed by atoms with Crippen molar-refractivity contribution in [3.63, 3.8) is 0 Å². The lowest BCUT2D eigenvalue weighted by atomic mass is 9.43. The zero-order valence-corrected chi connectivity index (χ0v) is 21.8. The topological polar surface area (TPSA) is 21.7 Å². The molecule has 4 aliphatic rings. The number of nitrogens with zero attached hydrogens (tertiary/aromatic N) is 1. The maximum atomic E-state index is 9.88. The zero-order valence-electron chi connectivity index (χ0n) is 20.8. The first kappa shape index (κ1) is 20.6. The molecule has 0 radical (unpaired) electrons. The van der Waals surface area contributed by atoms with Crippen LogP contribution in [-0.4, -0.2) is 45.4 Å². The minimum absolute atomic E-state index is 0.149. The van der Waals surface area contributed by atoms with Crippen LogP contribution in [0.25, 0.3) is 0 Å². The molecule has 0 amide bonds. The Morgan fingerprint density at radius 3 is 2.07 bits per heavy atom. The Kier molecular flexibility index (Phi) is 5.12. The van der Waals surface area contributed by atoms with Crippen LogP contribution in [0.15, 0.2) is 0 Å². The third-order valence-corrected chi connectivity index (χ3v) is 14.8. The lowest BCUT2D eigenvalue weighted by Gasteiger charge is -2.64. The lowest BCUT2D eigenvalue weighted by molar-refractivity contribution is -0.199. The summed E-state index contributed by atoms with van der Waals surface area (Å²) in [6.07, 6.45) is 3.30. The van der Waals surface area contributed by atoms with Crippen LogP contribution >= 0.6 is 0 Å². The Balaban J connectivity index is 1.99. The highest BCUT2D eigenvalue weighted by Crippen LogP contribution is 2.66. The number of rotatable bonds is 6. The summed E-state index contributed by atoms with van der Waals surface area (Å²) in [7, 11) is -3.95. The van der Waals surface area contributed by atoms with Gasteiger partial charge in [-0.3, -0.25) is 0 Å². The van der Waals surface area contributed by atoms with Gasteiger partial charge in [0.15, 0.2) is 0 Å². The molecular formula is C21H44BNO2Si2. The van der Waals surface area contributed by atoms with E-state index in [1.165, 1.54) is 6.42 Å². The van der Waals surface area contributed by atoms with E-state index in [1.807, 2.05) is 0 Å². The predicted octanol–water partition coefficient (Wildman–Crippen LogP) is 5.64. The second-order valence-electron chi connectivity index (χ2n) is 12.6. The molecule has 156 valence electrons. The van der Waals surface area contributed by atoms with Gasteiger partial charge < -0.3 is 13.5 Å². The van der Waals surface area contributed by atoms with Gasteiger partial charge in [0.1, 0.15) is 16.5 Å². The van der Waals surface area contributed by atoms with Crippen molar-refractivity contribution in [1.82, 2.24) is 4.23 Å². The van der Waals surface area contributed by atoms with Gasteiger partial charge >= 0.3 is 7.12 Å². The van der Waals surface area contributed by atoms with Gasteiger partial charge in [-0.05, 0) is 49.4 Å². The van der Waals surface area contributed by atoms with Crippen LogP contribution in [0.5, 0.6) is 0 Å². The number of hydrogen-bond acceptors (Lipinski definition) is 3. The quantitative estimate of drug-likeness (QED) is 0.529. The summed E-state index contributed by atoms with van der Waals surface area (Å²) in [6, 6.07) is 0. The van der Waals surface area contributed by atoms with Gasteiger partial charge in [0, 0.05) is 7.29 Å². The molecule has 6 heteroatoms. The van der Waals surface area contributed by atoms with Crippen molar-refractivity contribution in [2.45, 2.75) is 111 Å². The molecule has 4 rings (SSSR count). The van der Waals surface area contributed by atoms with Gasteiger partial charge in [-0.25, -0.2) is 0 Å². The molecule has 0 aromatic heterocycles. The first-order valence-corrected chi connectivity index (χ1v) is 18.0. The van der Waals surface area contributed by atoms with Crippen LogP contribution in [0.4, 0.5) is 0 Å². The summed E-state index contributed by atoms with van der Waals surface area (Å²) in [5.41, 5.74) is 0.0974. The Labute approximate surface area is 172 Å². The highest BCUT2D eigenvalue weighted by Gasteiger charge is 2.69. The molecule has 3 aliphatic carbocycles. The van der Waals surface area contributed by atoms with E-state index in [4.69, 9.17) is 9.31 Å². The van der Waals surface area contributed by atoms with E-state index >= 15 is 0 Å². The molecule has 27 heavy (non-hydrogen) atoms. The van der Waals surface area contributed by atoms with Crippen LogP contribution in [0.3, 0.4) is 0 Å². The molecular weight excluding hydrogens is 365 g/mol. The summed E-state index contributed by atoms with van der Waals surface area (Å²) in [4.78, 5) is 0. The van der Waals surface area contributed by atoms with Crippen molar-refractivity contribution in [2.75, 3.05) is 0 Å². The average Bonchev–Trinajstić information content (AvgIpc) is 2.80. The normalized spacial score (nSPS) is 38.5. The molecule has 5 atom stereocenters. The summed E-state index contributed by atoms with van der Waals surface area (Å²) in [6.45, 7) is 25.9. The predicted molar refractivity (Wildman–Crippen MR) is 122 cm³/mol. The highest BCUT2D eigenvalue weighted by molar-refractivity contribution is 6.90. The van der Waals surface area contributed by atoms with E-state index in [1.54, 1.807) is 0 Å². The molecule has 1 aliphatic heterocycles. The molecule has 0 N–H and O–H groups in total. The van der Waals surface area contributed by atoms with E-state index in [-0.39, 0.29) is 11.7 Å². The van der Waals surface area contributed by atoms with Gasteiger partial charge in [-0.2, -0.15) is 0 Å². The van der Waals surface area contributed by atoms with Crippen molar-refractivity contribution in [1.29, 1.82) is 0 Å². The van der Waals surface area contributed by atoms with E-state index < -0.39 is 29.5 Å². The lowest BCUT2D eigenvalue weighted by Crippen LogP contribution is -2.68. The fourth-order valence-corrected chi connectivity index (χ4v) is 16.8. The third kappa shape index (κ3) is 3.67. The van der Waals surface area contributed by atoms with Crippen LogP contribution < -0.4 is 0 Å². The molecule has 4 fully saturated rings. The van der Waals surface area contributed by atoms with E-state index in [2.05, 4.69) is 78.1 Å². The van der Waals surface area contributed by atoms with Crippen LogP contribution in [0.1, 0.15) is 55.3 Å². The fraction of sp³-hybridized carbons (Fsp3) is 1.00. The van der Waals surface area contributed by atoms with E-state index in [9.17, 15) is 1.37 Å². The second kappa shape index (κ2) is 6.69. The molecule has 3 nitrogen and oxygen atoms in total. The highest BCUT2D eigenvalue weighted by atomic mass is 28.4. The molecule has 0 aromatic carbocycles. The molecule has 1 heterocycles. The van der Waals surface area contributed by atoms with E-state index in [0.29, 0.717) is 17.3 Å². The van der Waals surface area contributed by atoms with Crippen molar-refractivity contribution in [3.05, 3.63) is 0 Å². The SMILES string of the molecule is [2H]C(CC(C)C)(B1O[C@@H]2C[C@@H]3C[C@@H](C3(C)C)[C@]2(C)O1)N([Si](C)(C)C)[Si](C)(C)C. The van der Waals surface area contributed by atoms with E-state index in [0.717, 1.165) is 18.8 Å². The van der Waals surface area contributed by atoms with Crippen LogP contribution in [-0.2, 0) is 9.31 Å². The largest absolute Gasteiger partial charge is 0.474 e. The minimum atomic E-state index is -1.75. The Hall–Kier alpha value is 0.379. The third-order valence-electron chi connectivity index (χ3n) is 7.47. The van der Waals surface area contributed by atoms with Gasteiger partial charge in [-0.15, -0.1) is 0 Å². The first-order valence-electron chi connectivity index (χ1n) is 11.6. The molecule has 0 spiro atoms. The fourth-order valence-electron chi connectivity index (χ4n) is 6.59. The minimum Gasteiger partial charge on any atom is -0.404 e. The number of hydrogen-bond donors (Lipinski definition) is 0. The van der Waals surface area contributed by atoms with Gasteiger partial charge in [0.05, 0.1) is 11.7 Å². The second-order valence-corrected chi connectivity index (χ2v) is 22.6. The molecule has 2 bridgehead atoms. The molecule has 1 unspecified atom stereocenters. The summed E-state index contributed by atoms with van der Waals surface area (Å²) in [5.74, 6) is 0.913. The zero-order chi connectivity index (χ0) is 21.5. The van der Waals surface area contributed by atoms with Crippen LogP contribution in [0.2, 0.25) is 39.3 Å². The molecule has 0 aromatic rings.